The minimum absolute atomic E-state index is 0.177. The van der Waals surface area contributed by atoms with E-state index in [4.69, 9.17) is 0 Å². The van der Waals surface area contributed by atoms with Crippen molar-refractivity contribution in [2.75, 3.05) is 13.1 Å². The molecule has 162 valence electrons. The van der Waals surface area contributed by atoms with Crippen LogP contribution >= 0.6 is 0 Å². The normalized spacial score (nSPS) is 12.2. The number of amides is 1. The van der Waals surface area contributed by atoms with E-state index in [9.17, 15) is 13.2 Å². The van der Waals surface area contributed by atoms with Crippen LogP contribution in [-0.4, -0.2) is 37.4 Å². The van der Waals surface area contributed by atoms with Gasteiger partial charge in [-0.3, -0.25) is 4.79 Å². The molecule has 0 aromatic heterocycles. The van der Waals surface area contributed by atoms with Gasteiger partial charge in [0.1, 0.15) is 0 Å². The molecule has 0 unspecified atom stereocenters. The van der Waals surface area contributed by atoms with Gasteiger partial charge in [0, 0.05) is 12.3 Å². The maximum atomic E-state index is 13.2. The van der Waals surface area contributed by atoms with E-state index in [1.807, 2.05) is 44.2 Å². The molecule has 0 radical (unpaired) electrons. The van der Waals surface area contributed by atoms with E-state index in [1.165, 1.54) is 4.31 Å². The second-order valence-electron chi connectivity index (χ2n) is 7.37. The van der Waals surface area contributed by atoms with Crippen molar-refractivity contribution in [3.8, 4) is 0 Å². The van der Waals surface area contributed by atoms with Crippen LogP contribution in [0.2, 0.25) is 0 Å². The number of sulfonamides is 1. The summed E-state index contributed by atoms with van der Waals surface area (Å²) in [7, 11) is -3.81. The number of unbranched alkanes of at least 4 members (excludes halogenated alkanes) is 1. The molecule has 2 aromatic rings. The van der Waals surface area contributed by atoms with E-state index >= 15 is 0 Å². The lowest BCUT2D eigenvalue weighted by molar-refractivity contribution is -0.121. The molecule has 0 aliphatic carbocycles. The molecule has 2 aromatic carbocycles. The summed E-state index contributed by atoms with van der Waals surface area (Å²) in [6.45, 7) is 5.76. The van der Waals surface area contributed by atoms with Crippen molar-refractivity contribution in [2.45, 2.75) is 51.3 Å². The standard InChI is InChI=1S/C23H31N3O3S/c1-4-5-9-20(3)24-25-23(27)18-26(17-16-21-10-7-6-8-11-21)30(28,29)22-14-12-19(2)13-15-22/h6-8,10-15H,4-5,9,16-18H2,1-3H3,(H,25,27)/b24-20-. The zero-order valence-electron chi connectivity index (χ0n) is 18.0. The Morgan fingerprint density at radius 2 is 1.73 bits per heavy atom. The lowest BCUT2D eigenvalue weighted by atomic mass is 10.1. The molecule has 0 aliphatic rings. The first-order chi connectivity index (χ1) is 14.3. The molecule has 30 heavy (non-hydrogen) atoms. The van der Waals surface area contributed by atoms with Crippen LogP contribution in [0.3, 0.4) is 0 Å². The summed E-state index contributed by atoms with van der Waals surface area (Å²) in [5, 5.41) is 4.09. The summed E-state index contributed by atoms with van der Waals surface area (Å²) in [5.41, 5.74) is 5.30. The number of hydrogen-bond acceptors (Lipinski definition) is 4. The first-order valence-corrected chi connectivity index (χ1v) is 11.7. The number of nitrogens with one attached hydrogen (secondary N) is 1. The fraction of sp³-hybridized carbons (Fsp3) is 0.391. The van der Waals surface area contributed by atoms with Gasteiger partial charge in [-0.05, 0) is 50.8 Å². The quantitative estimate of drug-likeness (QED) is 0.434. The number of hydrogen-bond donors (Lipinski definition) is 1. The first-order valence-electron chi connectivity index (χ1n) is 10.3. The summed E-state index contributed by atoms with van der Waals surface area (Å²) < 4.78 is 27.6. The van der Waals surface area contributed by atoms with Gasteiger partial charge >= 0.3 is 0 Å². The third kappa shape index (κ3) is 7.39. The monoisotopic (exact) mass is 429 g/mol. The average molecular weight is 430 g/mol. The zero-order chi connectivity index (χ0) is 22.0. The van der Waals surface area contributed by atoms with Crippen LogP contribution in [-0.2, 0) is 21.2 Å². The molecule has 0 spiro atoms. The van der Waals surface area contributed by atoms with Crippen LogP contribution in [0.5, 0.6) is 0 Å². The van der Waals surface area contributed by atoms with Crippen molar-refractivity contribution >= 4 is 21.6 Å². The Balaban J connectivity index is 2.16. The first kappa shape index (κ1) is 23.8. The molecule has 0 saturated heterocycles. The largest absolute Gasteiger partial charge is 0.272 e. The van der Waals surface area contributed by atoms with Crippen LogP contribution in [0.1, 0.15) is 44.2 Å². The Morgan fingerprint density at radius 3 is 2.37 bits per heavy atom. The Labute approximate surface area is 180 Å². The van der Waals surface area contributed by atoms with E-state index in [-0.39, 0.29) is 18.0 Å². The smallest absolute Gasteiger partial charge is 0.255 e. The molecule has 0 aliphatic heterocycles. The van der Waals surface area contributed by atoms with E-state index in [2.05, 4.69) is 17.5 Å². The van der Waals surface area contributed by atoms with Gasteiger partial charge in [-0.1, -0.05) is 61.4 Å². The number of carbonyl (C=O) groups excluding carboxylic acids is 1. The van der Waals surface area contributed by atoms with Crippen LogP contribution in [0.25, 0.3) is 0 Å². The fourth-order valence-electron chi connectivity index (χ4n) is 2.88. The summed E-state index contributed by atoms with van der Waals surface area (Å²) >= 11 is 0. The second kappa shape index (κ2) is 11.6. The molecule has 0 heterocycles. The highest BCUT2D eigenvalue weighted by Crippen LogP contribution is 2.17. The topological polar surface area (TPSA) is 78.8 Å². The zero-order valence-corrected chi connectivity index (χ0v) is 18.8. The summed E-state index contributed by atoms with van der Waals surface area (Å²) in [6, 6.07) is 16.3. The van der Waals surface area contributed by atoms with E-state index < -0.39 is 15.9 Å². The maximum absolute atomic E-state index is 13.2. The number of hydrazone groups is 1. The highest BCUT2D eigenvalue weighted by atomic mass is 32.2. The highest BCUT2D eigenvalue weighted by Gasteiger charge is 2.26. The SMILES string of the molecule is CCCC/C(C)=N\NC(=O)CN(CCc1ccccc1)S(=O)(=O)c1ccc(C)cc1. The summed E-state index contributed by atoms with van der Waals surface area (Å²) in [5.74, 6) is -0.449. The summed E-state index contributed by atoms with van der Waals surface area (Å²) in [6.07, 6.45) is 3.35. The molecule has 6 nitrogen and oxygen atoms in total. The number of nitrogens with zero attached hydrogens (tertiary/aromatic N) is 2. The molecule has 1 amide bonds. The van der Waals surface area contributed by atoms with Crippen LogP contribution in [0, 0.1) is 6.92 Å². The number of rotatable bonds is 11. The molecule has 1 N–H and O–H groups in total. The van der Waals surface area contributed by atoms with Crippen molar-refractivity contribution in [1.29, 1.82) is 0 Å². The predicted octanol–water partition coefficient (Wildman–Crippen LogP) is 3.91. The third-order valence-electron chi connectivity index (χ3n) is 4.74. The van der Waals surface area contributed by atoms with Gasteiger partial charge in [0.25, 0.3) is 5.91 Å². The Morgan fingerprint density at radius 1 is 1.07 bits per heavy atom. The van der Waals surface area contributed by atoms with Crippen molar-refractivity contribution in [1.82, 2.24) is 9.73 Å². The van der Waals surface area contributed by atoms with Crippen LogP contribution in [0.4, 0.5) is 0 Å². The van der Waals surface area contributed by atoms with Crippen LogP contribution in [0.15, 0.2) is 64.6 Å². The van der Waals surface area contributed by atoms with Crippen molar-refractivity contribution in [3.05, 3.63) is 65.7 Å². The van der Waals surface area contributed by atoms with Gasteiger partial charge in [0.05, 0.1) is 11.4 Å². The van der Waals surface area contributed by atoms with E-state index in [0.29, 0.717) is 6.42 Å². The predicted molar refractivity (Wildman–Crippen MR) is 121 cm³/mol. The lowest BCUT2D eigenvalue weighted by Crippen LogP contribution is -2.40. The van der Waals surface area contributed by atoms with Gasteiger partial charge in [-0.2, -0.15) is 9.41 Å². The number of aryl methyl sites for hydroxylation is 1. The summed E-state index contributed by atoms with van der Waals surface area (Å²) in [4.78, 5) is 12.6. The van der Waals surface area contributed by atoms with Gasteiger partial charge in [-0.15, -0.1) is 0 Å². The molecule has 0 saturated carbocycles. The number of benzene rings is 2. The molecular weight excluding hydrogens is 398 g/mol. The Bertz CT molecular complexity index is 939. The molecule has 0 bridgehead atoms. The number of carbonyl (C=O) groups is 1. The van der Waals surface area contributed by atoms with Gasteiger partial charge in [0.2, 0.25) is 10.0 Å². The minimum atomic E-state index is -3.81. The average Bonchev–Trinajstić information content (AvgIpc) is 2.74. The van der Waals surface area contributed by atoms with Gasteiger partial charge < -0.3 is 0 Å². The van der Waals surface area contributed by atoms with Gasteiger partial charge in [-0.25, -0.2) is 13.8 Å². The minimum Gasteiger partial charge on any atom is -0.272 e. The van der Waals surface area contributed by atoms with Crippen molar-refractivity contribution in [2.24, 2.45) is 5.10 Å². The maximum Gasteiger partial charge on any atom is 0.255 e. The molecular formula is C23H31N3O3S. The van der Waals surface area contributed by atoms with Crippen molar-refractivity contribution in [3.63, 3.8) is 0 Å². The van der Waals surface area contributed by atoms with E-state index in [0.717, 1.165) is 36.1 Å². The Hall–Kier alpha value is -2.51. The fourth-order valence-corrected chi connectivity index (χ4v) is 4.28. The molecule has 0 atom stereocenters. The third-order valence-corrected chi connectivity index (χ3v) is 6.59. The highest BCUT2D eigenvalue weighted by molar-refractivity contribution is 7.89. The molecule has 2 rings (SSSR count). The molecule has 7 heteroatoms. The lowest BCUT2D eigenvalue weighted by Gasteiger charge is -2.21. The van der Waals surface area contributed by atoms with Crippen LogP contribution < -0.4 is 5.43 Å². The van der Waals surface area contributed by atoms with Crippen molar-refractivity contribution < 1.29 is 13.2 Å². The van der Waals surface area contributed by atoms with Gasteiger partial charge in [0.15, 0.2) is 0 Å². The molecule has 0 fully saturated rings. The second-order valence-corrected chi connectivity index (χ2v) is 9.31. The van der Waals surface area contributed by atoms with E-state index in [1.54, 1.807) is 24.3 Å². The Kier molecular flexibility index (Phi) is 9.20.